The monoisotopic (exact) mass is 455 g/mol. The number of fused-ring (bicyclic) bond motifs is 1. The first kappa shape index (κ1) is 20.5. The molecule has 0 bridgehead atoms. The van der Waals surface area contributed by atoms with Crippen LogP contribution >= 0.6 is 11.3 Å². The second-order valence-corrected chi connectivity index (χ2v) is 8.22. The normalized spacial score (nSPS) is 10.9. The van der Waals surface area contributed by atoms with E-state index in [1.54, 1.807) is 30.3 Å². The zero-order valence-corrected chi connectivity index (χ0v) is 17.9. The van der Waals surface area contributed by atoms with Crippen molar-refractivity contribution < 1.29 is 19.7 Å². The van der Waals surface area contributed by atoms with Crippen LogP contribution in [0.2, 0.25) is 0 Å². The first-order chi connectivity index (χ1) is 16.0. The van der Waals surface area contributed by atoms with Gasteiger partial charge in [-0.2, -0.15) is 0 Å². The molecule has 0 aliphatic heterocycles. The maximum Gasteiger partial charge on any atom is 0.511 e. The molecule has 0 atom stereocenters. The summed E-state index contributed by atoms with van der Waals surface area (Å²) in [6.45, 7) is 0. The van der Waals surface area contributed by atoms with Crippen LogP contribution < -0.4 is 10.3 Å². The van der Waals surface area contributed by atoms with Gasteiger partial charge in [-0.05, 0) is 22.8 Å². The van der Waals surface area contributed by atoms with Gasteiger partial charge < -0.3 is 19.9 Å². The van der Waals surface area contributed by atoms with Gasteiger partial charge in [0.1, 0.15) is 16.3 Å². The van der Waals surface area contributed by atoms with Gasteiger partial charge in [-0.15, -0.1) is 11.3 Å². The molecule has 0 fully saturated rings. The molecule has 7 heteroatoms. The lowest BCUT2D eigenvalue weighted by atomic mass is 9.98. The number of carboxylic acid groups (broad SMARTS) is 1. The lowest BCUT2D eigenvalue weighted by Gasteiger charge is -2.10. The van der Waals surface area contributed by atoms with Gasteiger partial charge in [0.05, 0.1) is 10.9 Å². The fraction of sp³-hybridized carbons (Fsp3) is 0. The molecule has 0 spiro atoms. The van der Waals surface area contributed by atoms with Crippen LogP contribution in [-0.4, -0.2) is 21.4 Å². The number of carbonyl (C=O) groups is 1. The second kappa shape index (κ2) is 8.29. The number of benzene rings is 3. The molecule has 0 saturated carbocycles. The average molecular weight is 455 g/mol. The summed E-state index contributed by atoms with van der Waals surface area (Å²) in [5.74, 6) is 0.196. The SMILES string of the molecule is O=C(O)Oc1ccccc1-c1ccc(-c2csc3[nH]c(=O)c(-c4ccccc4)c(O)c23)cc1. The van der Waals surface area contributed by atoms with E-state index in [1.807, 2.05) is 53.9 Å². The largest absolute Gasteiger partial charge is 0.511 e. The molecule has 0 radical (unpaired) electrons. The number of nitrogens with one attached hydrogen (secondary N) is 1. The Morgan fingerprint density at radius 1 is 0.818 bits per heavy atom. The first-order valence-corrected chi connectivity index (χ1v) is 10.9. The quantitative estimate of drug-likeness (QED) is 0.216. The number of para-hydroxylation sites is 1. The van der Waals surface area contributed by atoms with E-state index >= 15 is 0 Å². The van der Waals surface area contributed by atoms with Gasteiger partial charge >= 0.3 is 6.16 Å². The van der Waals surface area contributed by atoms with E-state index < -0.39 is 6.16 Å². The lowest BCUT2D eigenvalue weighted by Crippen LogP contribution is -2.08. The number of aromatic amines is 1. The van der Waals surface area contributed by atoms with Crippen LogP contribution in [0.25, 0.3) is 43.6 Å². The summed E-state index contributed by atoms with van der Waals surface area (Å²) in [5, 5.41) is 22.5. The molecule has 0 aliphatic rings. The zero-order chi connectivity index (χ0) is 22.9. The molecule has 0 amide bonds. The maximum atomic E-state index is 12.6. The van der Waals surface area contributed by atoms with Crippen LogP contribution in [0.1, 0.15) is 0 Å². The maximum absolute atomic E-state index is 12.6. The number of hydrogen-bond donors (Lipinski definition) is 3. The predicted molar refractivity (Wildman–Crippen MR) is 129 cm³/mol. The molecule has 162 valence electrons. The van der Waals surface area contributed by atoms with Crippen molar-refractivity contribution in [2.75, 3.05) is 0 Å². The van der Waals surface area contributed by atoms with E-state index in [4.69, 9.17) is 9.84 Å². The summed E-state index contributed by atoms with van der Waals surface area (Å²) in [6, 6.07) is 23.5. The van der Waals surface area contributed by atoms with Crippen molar-refractivity contribution in [1.29, 1.82) is 0 Å². The highest BCUT2D eigenvalue weighted by Crippen LogP contribution is 2.42. The molecule has 3 N–H and O–H groups in total. The third-order valence-corrected chi connectivity index (χ3v) is 6.27. The van der Waals surface area contributed by atoms with Crippen LogP contribution in [-0.2, 0) is 0 Å². The molecule has 5 rings (SSSR count). The van der Waals surface area contributed by atoms with Crippen LogP contribution in [0.4, 0.5) is 4.79 Å². The van der Waals surface area contributed by atoms with Gasteiger partial charge in [-0.25, -0.2) is 4.79 Å². The molecular weight excluding hydrogens is 438 g/mol. The third kappa shape index (κ3) is 3.75. The Kier molecular flexibility index (Phi) is 5.16. The summed E-state index contributed by atoms with van der Waals surface area (Å²) in [4.78, 5) is 27.1. The number of aromatic hydroxyl groups is 1. The van der Waals surface area contributed by atoms with Gasteiger partial charge in [0.15, 0.2) is 0 Å². The van der Waals surface area contributed by atoms with Crippen molar-refractivity contribution in [3.05, 3.63) is 94.6 Å². The summed E-state index contributed by atoms with van der Waals surface area (Å²) >= 11 is 1.35. The lowest BCUT2D eigenvalue weighted by molar-refractivity contribution is 0.144. The highest BCUT2D eigenvalue weighted by Gasteiger charge is 2.19. The molecule has 0 aliphatic carbocycles. The van der Waals surface area contributed by atoms with Crippen molar-refractivity contribution >= 4 is 27.7 Å². The van der Waals surface area contributed by atoms with Crippen molar-refractivity contribution in [1.82, 2.24) is 4.98 Å². The molecule has 5 aromatic rings. The van der Waals surface area contributed by atoms with E-state index in [1.165, 1.54) is 11.3 Å². The molecule has 0 saturated heterocycles. The molecule has 3 aromatic carbocycles. The Balaban J connectivity index is 1.60. The standard InChI is InChI=1S/C26H17NO5S/c28-23-21(17-6-2-1-3-7-17)24(29)27-25-22(23)19(14-33-25)16-12-10-15(11-13-16)18-8-4-5-9-20(18)32-26(30)31/h1-14H,(H,30,31)(H2,27,28,29). The Bertz CT molecular complexity index is 1540. The number of rotatable bonds is 4. The van der Waals surface area contributed by atoms with E-state index in [9.17, 15) is 14.7 Å². The molecule has 2 aromatic heterocycles. The number of hydrogen-bond acceptors (Lipinski definition) is 5. The minimum absolute atomic E-state index is 0.0551. The fourth-order valence-electron chi connectivity index (χ4n) is 3.89. The van der Waals surface area contributed by atoms with Crippen LogP contribution in [0.5, 0.6) is 11.5 Å². The average Bonchev–Trinajstić information content (AvgIpc) is 3.24. The molecule has 2 heterocycles. The summed E-state index contributed by atoms with van der Waals surface area (Å²) in [5.41, 5.74) is 3.62. The van der Waals surface area contributed by atoms with Crippen LogP contribution in [0.15, 0.2) is 89.0 Å². The Hall–Kier alpha value is -4.36. The Morgan fingerprint density at radius 2 is 1.45 bits per heavy atom. The smallest absolute Gasteiger partial charge is 0.506 e. The van der Waals surface area contributed by atoms with E-state index in [0.29, 0.717) is 21.3 Å². The number of pyridine rings is 1. The van der Waals surface area contributed by atoms with Gasteiger partial charge in [-0.1, -0.05) is 72.8 Å². The molecule has 0 unspecified atom stereocenters. The topological polar surface area (TPSA) is 99.6 Å². The number of H-pyrrole nitrogens is 1. The first-order valence-electron chi connectivity index (χ1n) is 10.1. The third-order valence-electron chi connectivity index (χ3n) is 5.37. The Morgan fingerprint density at radius 3 is 2.15 bits per heavy atom. The molecule has 33 heavy (non-hydrogen) atoms. The van der Waals surface area contributed by atoms with Gasteiger partial charge in [0.25, 0.3) is 5.56 Å². The van der Waals surface area contributed by atoms with Crippen molar-refractivity contribution in [3.8, 4) is 44.9 Å². The van der Waals surface area contributed by atoms with Crippen LogP contribution in [0.3, 0.4) is 0 Å². The summed E-state index contributed by atoms with van der Waals surface area (Å²) in [7, 11) is 0. The molecule has 6 nitrogen and oxygen atoms in total. The van der Waals surface area contributed by atoms with Gasteiger partial charge in [-0.3, -0.25) is 4.79 Å². The second-order valence-electron chi connectivity index (χ2n) is 7.34. The number of aromatic nitrogens is 1. The van der Waals surface area contributed by atoms with E-state index in [0.717, 1.165) is 16.7 Å². The Labute approximate surface area is 192 Å². The zero-order valence-electron chi connectivity index (χ0n) is 17.1. The minimum Gasteiger partial charge on any atom is -0.506 e. The molecular formula is C26H17NO5S. The highest BCUT2D eigenvalue weighted by atomic mass is 32.1. The predicted octanol–water partition coefficient (Wildman–Crippen LogP) is 6.35. The number of ether oxygens (including phenoxy) is 1. The van der Waals surface area contributed by atoms with Crippen molar-refractivity contribution in [2.24, 2.45) is 0 Å². The van der Waals surface area contributed by atoms with Gasteiger partial charge in [0, 0.05) is 16.5 Å². The van der Waals surface area contributed by atoms with E-state index in [-0.39, 0.29) is 22.6 Å². The number of thiophene rings is 1. The fourth-order valence-corrected chi connectivity index (χ4v) is 4.85. The van der Waals surface area contributed by atoms with Crippen molar-refractivity contribution in [2.45, 2.75) is 0 Å². The van der Waals surface area contributed by atoms with Crippen LogP contribution in [0, 0.1) is 0 Å². The van der Waals surface area contributed by atoms with Crippen molar-refractivity contribution in [3.63, 3.8) is 0 Å². The summed E-state index contributed by atoms with van der Waals surface area (Å²) < 4.78 is 4.89. The van der Waals surface area contributed by atoms with Gasteiger partial charge in [0.2, 0.25) is 0 Å². The van der Waals surface area contributed by atoms with E-state index in [2.05, 4.69) is 4.98 Å². The summed E-state index contributed by atoms with van der Waals surface area (Å²) in [6.07, 6.45) is -1.37. The minimum atomic E-state index is -1.37. The highest BCUT2D eigenvalue weighted by molar-refractivity contribution is 7.17.